The van der Waals surface area contributed by atoms with Gasteiger partial charge in [0.05, 0.1) is 17.9 Å². The Balaban J connectivity index is 1.51. The van der Waals surface area contributed by atoms with Crippen molar-refractivity contribution in [3.63, 3.8) is 0 Å². The van der Waals surface area contributed by atoms with E-state index < -0.39 is 5.60 Å². The van der Waals surface area contributed by atoms with E-state index in [9.17, 15) is 9.90 Å². The number of rotatable bonds is 5. The average molecular weight is 336 g/mol. The summed E-state index contributed by atoms with van der Waals surface area (Å²) in [4.78, 5) is 24.8. The molecule has 7 heteroatoms. The fourth-order valence-corrected chi connectivity index (χ4v) is 4.09. The van der Waals surface area contributed by atoms with Crippen LogP contribution in [0.3, 0.4) is 0 Å². The second kappa shape index (κ2) is 7.59. The molecule has 2 aliphatic rings. The maximum atomic E-state index is 12.4. The Labute approximate surface area is 141 Å². The molecule has 1 aromatic rings. The van der Waals surface area contributed by atoms with Crippen molar-refractivity contribution in [1.82, 2.24) is 19.8 Å². The zero-order valence-electron chi connectivity index (χ0n) is 13.4. The Morgan fingerprint density at radius 2 is 1.96 bits per heavy atom. The third kappa shape index (κ3) is 4.65. The molecule has 126 valence electrons. The van der Waals surface area contributed by atoms with E-state index in [4.69, 9.17) is 0 Å². The minimum Gasteiger partial charge on any atom is -0.387 e. The topological polar surface area (TPSA) is 69.6 Å². The van der Waals surface area contributed by atoms with Gasteiger partial charge in [0, 0.05) is 25.5 Å². The SMILES string of the molecule is O=C(CSc1ncccn1)N1CCC[C@](O)(CN2CCCC2)C1. The smallest absolute Gasteiger partial charge is 0.233 e. The van der Waals surface area contributed by atoms with Crippen LogP contribution in [-0.2, 0) is 4.79 Å². The van der Waals surface area contributed by atoms with Crippen molar-refractivity contribution in [2.45, 2.75) is 36.4 Å². The summed E-state index contributed by atoms with van der Waals surface area (Å²) < 4.78 is 0. The maximum Gasteiger partial charge on any atom is 0.233 e. The Kier molecular flexibility index (Phi) is 5.50. The molecule has 3 rings (SSSR count). The zero-order valence-corrected chi connectivity index (χ0v) is 14.2. The average Bonchev–Trinajstić information content (AvgIpc) is 3.06. The predicted molar refractivity (Wildman–Crippen MR) is 89.2 cm³/mol. The molecule has 1 atom stereocenters. The molecule has 0 saturated carbocycles. The third-order valence-electron chi connectivity index (χ3n) is 4.49. The molecule has 0 aromatic carbocycles. The first-order valence-electron chi connectivity index (χ1n) is 8.27. The molecule has 2 aliphatic heterocycles. The molecular formula is C16H24N4O2S. The van der Waals surface area contributed by atoms with Crippen molar-refractivity contribution in [3.8, 4) is 0 Å². The van der Waals surface area contributed by atoms with Crippen LogP contribution in [0.4, 0.5) is 0 Å². The minimum atomic E-state index is -0.758. The lowest BCUT2D eigenvalue weighted by Gasteiger charge is -2.41. The first kappa shape index (κ1) is 16.7. The number of thioether (sulfide) groups is 1. The number of amides is 1. The van der Waals surface area contributed by atoms with Crippen molar-refractivity contribution in [2.75, 3.05) is 38.5 Å². The lowest BCUT2D eigenvalue weighted by molar-refractivity contribution is -0.136. The second-order valence-electron chi connectivity index (χ2n) is 6.45. The lowest BCUT2D eigenvalue weighted by Crippen LogP contribution is -2.55. The van der Waals surface area contributed by atoms with Crippen LogP contribution in [0.5, 0.6) is 0 Å². The van der Waals surface area contributed by atoms with E-state index in [0.717, 1.165) is 32.5 Å². The summed E-state index contributed by atoms with van der Waals surface area (Å²) in [5.41, 5.74) is -0.758. The van der Waals surface area contributed by atoms with E-state index in [2.05, 4.69) is 14.9 Å². The highest BCUT2D eigenvalue weighted by Gasteiger charge is 2.37. The molecular weight excluding hydrogens is 312 g/mol. The molecule has 0 unspecified atom stereocenters. The van der Waals surface area contributed by atoms with E-state index >= 15 is 0 Å². The van der Waals surface area contributed by atoms with Crippen molar-refractivity contribution in [2.24, 2.45) is 0 Å². The molecule has 6 nitrogen and oxygen atoms in total. The van der Waals surface area contributed by atoms with Gasteiger partial charge in [-0.3, -0.25) is 4.79 Å². The number of aromatic nitrogens is 2. The molecule has 1 aromatic heterocycles. The summed E-state index contributed by atoms with van der Waals surface area (Å²) in [6.07, 6.45) is 7.43. The van der Waals surface area contributed by atoms with E-state index in [-0.39, 0.29) is 5.91 Å². The van der Waals surface area contributed by atoms with Gasteiger partial charge in [-0.1, -0.05) is 11.8 Å². The Hall–Kier alpha value is -1.18. The Bertz CT molecular complexity index is 524. The number of aliphatic hydroxyl groups is 1. The van der Waals surface area contributed by atoms with E-state index in [1.165, 1.54) is 24.6 Å². The van der Waals surface area contributed by atoms with Gasteiger partial charge in [0.25, 0.3) is 0 Å². The quantitative estimate of drug-likeness (QED) is 0.639. The largest absolute Gasteiger partial charge is 0.387 e. The number of nitrogens with zero attached hydrogens (tertiary/aromatic N) is 4. The summed E-state index contributed by atoms with van der Waals surface area (Å²) in [6, 6.07) is 1.76. The first-order valence-corrected chi connectivity index (χ1v) is 9.26. The van der Waals surface area contributed by atoms with Gasteiger partial charge < -0.3 is 14.9 Å². The molecule has 0 radical (unpaired) electrons. The predicted octanol–water partition coefficient (Wildman–Crippen LogP) is 1.02. The van der Waals surface area contributed by atoms with Gasteiger partial charge in [-0.25, -0.2) is 9.97 Å². The number of piperidine rings is 1. The van der Waals surface area contributed by atoms with Crippen LogP contribution in [0.15, 0.2) is 23.6 Å². The number of carbonyl (C=O) groups is 1. The fraction of sp³-hybridized carbons (Fsp3) is 0.688. The number of hydrogen-bond donors (Lipinski definition) is 1. The van der Waals surface area contributed by atoms with Gasteiger partial charge in [-0.15, -0.1) is 0 Å². The van der Waals surface area contributed by atoms with Crippen molar-refractivity contribution in [3.05, 3.63) is 18.5 Å². The summed E-state index contributed by atoms with van der Waals surface area (Å²) in [5.74, 6) is 0.381. The molecule has 1 amide bonds. The van der Waals surface area contributed by atoms with Crippen molar-refractivity contribution in [1.29, 1.82) is 0 Å². The molecule has 2 fully saturated rings. The van der Waals surface area contributed by atoms with Gasteiger partial charge in [0.1, 0.15) is 0 Å². The summed E-state index contributed by atoms with van der Waals surface area (Å²) in [7, 11) is 0. The molecule has 3 heterocycles. The normalized spacial score (nSPS) is 25.7. The summed E-state index contributed by atoms with van der Waals surface area (Å²) >= 11 is 1.35. The highest BCUT2D eigenvalue weighted by Crippen LogP contribution is 2.25. The molecule has 0 spiro atoms. The van der Waals surface area contributed by atoms with Gasteiger partial charge in [0.15, 0.2) is 5.16 Å². The highest BCUT2D eigenvalue weighted by molar-refractivity contribution is 7.99. The summed E-state index contributed by atoms with van der Waals surface area (Å²) in [5, 5.41) is 11.5. The molecule has 23 heavy (non-hydrogen) atoms. The van der Waals surface area contributed by atoms with Crippen LogP contribution in [0.1, 0.15) is 25.7 Å². The van der Waals surface area contributed by atoms with E-state index in [1.807, 2.05) is 0 Å². The van der Waals surface area contributed by atoms with Crippen LogP contribution in [0.2, 0.25) is 0 Å². The highest BCUT2D eigenvalue weighted by atomic mass is 32.2. The van der Waals surface area contributed by atoms with Gasteiger partial charge in [-0.05, 0) is 44.8 Å². The van der Waals surface area contributed by atoms with Crippen LogP contribution >= 0.6 is 11.8 Å². The lowest BCUT2D eigenvalue weighted by atomic mass is 9.92. The number of hydrogen-bond acceptors (Lipinski definition) is 6. The van der Waals surface area contributed by atoms with E-state index in [1.54, 1.807) is 23.4 Å². The van der Waals surface area contributed by atoms with Crippen molar-refractivity contribution < 1.29 is 9.90 Å². The van der Waals surface area contributed by atoms with Crippen LogP contribution < -0.4 is 0 Å². The number of carbonyl (C=O) groups excluding carboxylic acids is 1. The maximum absolute atomic E-state index is 12.4. The second-order valence-corrected chi connectivity index (χ2v) is 7.39. The van der Waals surface area contributed by atoms with Gasteiger partial charge >= 0.3 is 0 Å². The summed E-state index contributed by atoms with van der Waals surface area (Å²) in [6.45, 7) is 4.00. The van der Waals surface area contributed by atoms with Gasteiger partial charge in [0.2, 0.25) is 5.91 Å². The van der Waals surface area contributed by atoms with Crippen molar-refractivity contribution >= 4 is 17.7 Å². The van der Waals surface area contributed by atoms with Crippen LogP contribution in [0, 0.1) is 0 Å². The third-order valence-corrected chi connectivity index (χ3v) is 5.35. The van der Waals surface area contributed by atoms with Crippen LogP contribution in [-0.4, -0.2) is 74.9 Å². The number of β-amino-alcohol motifs (C(OH)–C–C–N with tert-alkyl or cyclic N) is 1. The van der Waals surface area contributed by atoms with Crippen LogP contribution in [0.25, 0.3) is 0 Å². The molecule has 0 bridgehead atoms. The van der Waals surface area contributed by atoms with Gasteiger partial charge in [-0.2, -0.15) is 0 Å². The monoisotopic (exact) mass is 336 g/mol. The zero-order chi connectivity index (χ0) is 16.1. The molecule has 0 aliphatic carbocycles. The Morgan fingerprint density at radius 1 is 1.22 bits per heavy atom. The molecule has 1 N–H and O–H groups in total. The number of likely N-dealkylation sites (tertiary alicyclic amines) is 2. The van der Waals surface area contributed by atoms with E-state index in [0.29, 0.717) is 24.0 Å². The standard InChI is InChI=1S/C16H24N4O2S/c21-14(11-23-15-17-6-4-7-18-15)20-10-3-5-16(22,13-20)12-19-8-1-2-9-19/h4,6-7,22H,1-3,5,8-13H2/t16-/m0/s1. The Morgan fingerprint density at radius 3 is 2.70 bits per heavy atom. The minimum absolute atomic E-state index is 0.0574. The molecule has 2 saturated heterocycles. The first-order chi connectivity index (χ1) is 11.1. The fourth-order valence-electron chi connectivity index (χ4n) is 3.39.